The van der Waals surface area contributed by atoms with Crippen molar-refractivity contribution < 1.29 is 18.9 Å². The number of rotatable bonds is 3. The minimum atomic E-state index is 0.294. The van der Waals surface area contributed by atoms with Crippen molar-refractivity contribution in [1.29, 1.82) is 0 Å². The molecule has 0 aromatic heterocycles. The van der Waals surface area contributed by atoms with E-state index in [0.717, 1.165) is 35.0 Å². The molecular formula is C21H22O4. The van der Waals surface area contributed by atoms with Crippen molar-refractivity contribution in [3.63, 3.8) is 0 Å². The first kappa shape index (κ1) is 15.9. The van der Waals surface area contributed by atoms with Gasteiger partial charge >= 0.3 is 0 Å². The fourth-order valence-electron chi connectivity index (χ4n) is 3.70. The Hall–Kier alpha value is -2.62. The molecule has 25 heavy (non-hydrogen) atoms. The minimum Gasteiger partial charge on any atom is -0.493 e. The Bertz CT molecular complexity index is 866. The Balaban J connectivity index is 1.90. The van der Waals surface area contributed by atoms with E-state index in [1.807, 2.05) is 12.1 Å². The first-order valence-electron chi connectivity index (χ1n) is 8.48. The van der Waals surface area contributed by atoms with Crippen molar-refractivity contribution >= 4 is 5.57 Å². The first-order valence-corrected chi connectivity index (χ1v) is 8.48. The quantitative estimate of drug-likeness (QED) is 0.829. The van der Waals surface area contributed by atoms with E-state index in [4.69, 9.17) is 18.9 Å². The van der Waals surface area contributed by atoms with Gasteiger partial charge in [0.05, 0.1) is 14.2 Å². The zero-order chi connectivity index (χ0) is 17.6. The van der Waals surface area contributed by atoms with Crippen LogP contribution in [0.3, 0.4) is 0 Å². The average Bonchev–Trinajstić information content (AvgIpc) is 3.08. The zero-order valence-corrected chi connectivity index (χ0v) is 15.0. The van der Waals surface area contributed by atoms with Crippen LogP contribution in [0, 0.1) is 5.92 Å². The molecule has 0 amide bonds. The average molecular weight is 338 g/mol. The maximum Gasteiger partial charge on any atom is 0.231 e. The zero-order valence-electron chi connectivity index (χ0n) is 15.0. The maximum absolute atomic E-state index is 5.60. The van der Waals surface area contributed by atoms with Gasteiger partial charge < -0.3 is 18.9 Å². The Morgan fingerprint density at radius 3 is 2.40 bits per heavy atom. The summed E-state index contributed by atoms with van der Waals surface area (Å²) in [7, 11) is 3.32. The van der Waals surface area contributed by atoms with Crippen LogP contribution >= 0.6 is 0 Å². The topological polar surface area (TPSA) is 36.9 Å². The van der Waals surface area contributed by atoms with Gasteiger partial charge in [0, 0.05) is 0 Å². The van der Waals surface area contributed by atoms with E-state index in [1.165, 1.54) is 22.3 Å². The van der Waals surface area contributed by atoms with E-state index in [2.05, 4.69) is 32.0 Å². The molecule has 2 aromatic carbocycles. The molecule has 4 heteroatoms. The van der Waals surface area contributed by atoms with Crippen LogP contribution in [0.4, 0.5) is 0 Å². The van der Waals surface area contributed by atoms with Crippen molar-refractivity contribution in [2.24, 2.45) is 5.92 Å². The van der Waals surface area contributed by atoms with Gasteiger partial charge in [0.15, 0.2) is 23.0 Å². The van der Waals surface area contributed by atoms with E-state index in [1.54, 1.807) is 14.2 Å². The van der Waals surface area contributed by atoms with Crippen LogP contribution in [0.5, 0.6) is 23.0 Å². The van der Waals surface area contributed by atoms with Crippen molar-refractivity contribution in [2.45, 2.75) is 20.3 Å². The second-order valence-corrected chi connectivity index (χ2v) is 6.60. The standard InChI is InChI=1S/C21H22O4/c1-12-7-15-9-19-20(25-11-24-19)10-16(15)21(13(12)2)14-5-6-17(22-3)18(8-14)23-4/h5-6,8-10,12H,7,11H2,1-4H3/t12-/m1/s1. The third-order valence-corrected chi connectivity index (χ3v) is 5.20. The van der Waals surface area contributed by atoms with E-state index in [9.17, 15) is 0 Å². The molecule has 0 spiro atoms. The predicted octanol–water partition coefficient (Wildman–Crippen LogP) is 4.45. The molecule has 2 aliphatic rings. The van der Waals surface area contributed by atoms with E-state index < -0.39 is 0 Å². The Labute approximate surface area is 148 Å². The lowest BCUT2D eigenvalue weighted by atomic mass is 9.77. The molecule has 4 rings (SSSR count). The molecular weight excluding hydrogens is 316 g/mol. The summed E-state index contributed by atoms with van der Waals surface area (Å²) in [4.78, 5) is 0. The van der Waals surface area contributed by atoms with Gasteiger partial charge in [-0.1, -0.05) is 18.6 Å². The predicted molar refractivity (Wildman–Crippen MR) is 96.7 cm³/mol. The lowest BCUT2D eigenvalue weighted by molar-refractivity contribution is 0.174. The molecule has 0 fully saturated rings. The second-order valence-electron chi connectivity index (χ2n) is 6.60. The van der Waals surface area contributed by atoms with Crippen molar-refractivity contribution in [3.05, 3.63) is 52.6 Å². The van der Waals surface area contributed by atoms with Crippen LogP contribution in [-0.4, -0.2) is 21.0 Å². The summed E-state index contributed by atoms with van der Waals surface area (Å²) >= 11 is 0. The van der Waals surface area contributed by atoms with Gasteiger partial charge in [-0.2, -0.15) is 0 Å². The summed E-state index contributed by atoms with van der Waals surface area (Å²) in [5, 5.41) is 0. The monoisotopic (exact) mass is 338 g/mol. The number of ether oxygens (including phenoxy) is 4. The molecule has 130 valence electrons. The van der Waals surface area contributed by atoms with Gasteiger partial charge in [0.25, 0.3) is 0 Å². The molecule has 2 aromatic rings. The largest absolute Gasteiger partial charge is 0.493 e. The number of fused-ring (bicyclic) bond motifs is 2. The number of methoxy groups -OCH3 is 2. The summed E-state index contributed by atoms with van der Waals surface area (Å²) < 4.78 is 22.0. The molecule has 1 aliphatic heterocycles. The van der Waals surface area contributed by atoms with Crippen LogP contribution < -0.4 is 18.9 Å². The van der Waals surface area contributed by atoms with Crippen molar-refractivity contribution in [1.82, 2.24) is 0 Å². The number of hydrogen-bond donors (Lipinski definition) is 0. The molecule has 1 atom stereocenters. The lowest BCUT2D eigenvalue weighted by Gasteiger charge is -2.27. The molecule has 4 nitrogen and oxygen atoms in total. The highest BCUT2D eigenvalue weighted by molar-refractivity contribution is 5.87. The summed E-state index contributed by atoms with van der Waals surface area (Å²) in [5.41, 5.74) is 6.26. The van der Waals surface area contributed by atoms with E-state index >= 15 is 0 Å². The van der Waals surface area contributed by atoms with Gasteiger partial charge in [-0.15, -0.1) is 0 Å². The van der Waals surface area contributed by atoms with Gasteiger partial charge in [0.1, 0.15) is 0 Å². The van der Waals surface area contributed by atoms with Crippen molar-refractivity contribution in [2.75, 3.05) is 21.0 Å². The van der Waals surface area contributed by atoms with E-state index in [0.29, 0.717) is 12.7 Å². The Kier molecular flexibility index (Phi) is 3.83. The van der Waals surface area contributed by atoms with Crippen LogP contribution in [0.1, 0.15) is 30.5 Å². The van der Waals surface area contributed by atoms with Crippen LogP contribution in [0.25, 0.3) is 5.57 Å². The van der Waals surface area contributed by atoms with Crippen molar-refractivity contribution in [3.8, 4) is 23.0 Å². The van der Waals surface area contributed by atoms with Gasteiger partial charge in [-0.05, 0) is 65.8 Å². The minimum absolute atomic E-state index is 0.294. The van der Waals surface area contributed by atoms with Gasteiger partial charge in [0.2, 0.25) is 6.79 Å². The highest BCUT2D eigenvalue weighted by Crippen LogP contribution is 2.45. The first-order chi connectivity index (χ1) is 12.1. The molecule has 0 unspecified atom stereocenters. The summed E-state index contributed by atoms with van der Waals surface area (Å²) in [5.74, 6) is 3.60. The van der Waals surface area contributed by atoms with Crippen LogP contribution in [0.2, 0.25) is 0 Å². The Morgan fingerprint density at radius 2 is 1.68 bits per heavy atom. The lowest BCUT2D eigenvalue weighted by Crippen LogP contribution is -2.13. The van der Waals surface area contributed by atoms with E-state index in [-0.39, 0.29) is 0 Å². The number of allylic oxidation sites excluding steroid dienone is 1. The Morgan fingerprint density at radius 1 is 0.960 bits per heavy atom. The molecule has 1 heterocycles. The molecule has 1 aliphatic carbocycles. The van der Waals surface area contributed by atoms with Crippen LogP contribution in [-0.2, 0) is 6.42 Å². The molecule has 0 radical (unpaired) electrons. The number of hydrogen-bond acceptors (Lipinski definition) is 4. The third kappa shape index (κ3) is 2.53. The summed E-state index contributed by atoms with van der Waals surface area (Å²) in [6, 6.07) is 10.3. The fourth-order valence-corrected chi connectivity index (χ4v) is 3.70. The molecule has 0 bridgehead atoms. The molecule has 0 N–H and O–H groups in total. The van der Waals surface area contributed by atoms with Crippen LogP contribution in [0.15, 0.2) is 35.9 Å². The highest BCUT2D eigenvalue weighted by atomic mass is 16.7. The SMILES string of the molecule is COc1ccc(C2=C(C)[C@H](C)Cc3cc4c(cc32)OCO4)cc1OC. The normalized spacial score (nSPS) is 18.2. The fraction of sp³-hybridized carbons (Fsp3) is 0.333. The second kappa shape index (κ2) is 6.03. The maximum atomic E-state index is 5.60. The third-order valence-electron chi connectivity index (χ3n) is 5.20. The van der Waals surface area contributed by atoms with Gasteiger partial charge in [-0.25, -0.2) is 0 Å². The molecule has 0 saturated heterocycles. The smallest absolute Gasteiger partial charge is 0.231 e. The summed E-state index contributed by atoms with van der Waals surface area (Å²) in [6.07, 6.45) is 1.01. The highest BCUT2D eigenvalue weighted by Gasteiger charge is 2.27. The molecule has 0 saturated carbocycles. The summed E-state index contributed by atoms with van der Waals surface area (Å²) in [6.45, 7) is 4.77. The number of benzene rings is 2. The van der Waals surface area contributed by atoms with Gasteiger partial charge in [-0.3, -0.25) is 0 Å².